The zero-order valence-electron chi connectivity index (χ0n) is 9.34. The van der Waals surface area contributed by atoms with Gasteiger partial charge in [0, 0.05) is 6.42 Å². The van der Waals surface area contributed by atoms with Gasteiger partial charge in [-0.05, 0) is 0 Å². The molecule has 2 atom stereocenters. The van der Waals surface area contributed by atoms with Crippen LogP contribution in [-0.4, -0.2) is 43.5 Å². The number of fused-ring (bicyclic) bond motifs is 1. The number of aliphatic hydroxyl groups excluding tert-OH is 1. The Balaban J connectivity index is 2.02. The second-order valence-corrected chi connectivity index (χ2v) is 4.33. The molecule has 0 spiro atoms. The molecule has 8 heteroatoms. The van der Waals surface area contributed by atoms with Crippen molar-refractivity contribution in [2.45, 2.75) is 18.3 Å². The van der Waals surface area contributed by atoms with Crippen molar-refractivity contribution in [3.63, 3.8) is 0 Å². The molecule has 0 amide bonds. The molecule has 3 heterocycles. The minimum absolute atomic E-state index is 0.00341. The number of aromatic nitrogens is 4. The highest BCUT2D eigenvalue weighted by molar-refractivity contribution is 5.68. The molecule has 96 valence electrons. The van der Waals surface area contributed by atoms with E-state index in [4.69, 9.17) is 9.84 Å². The number of nitrogens with one attached hydrogen (secondary N) is 1. The van der Waals surface area contributed by atoms with Gasteiger partial charge in [0.05, 0.1) is 25.9 Å². The van der Waals surface area contributed by atoms with Crippen LogP contribution in [0.1, 0.15) is 12.6 Å². The van der Waals surface area contributed by atoms with Crippen molar-refractivity contribution in [2.24, 2.45) is 0 Å². The van der Waals surface area contributed by atoms with Gasteiger partial charge >= 0.3 is 0 Å². The number of rotatable bonds is 2. The maximum Gasteiger partial charge on any atom is 0.278 e. The zero-order chi connectivity index (χ0) is 12.8. The summed E-state index contributed by atoms with van der Waals surface area (Å²) in [6.45, 7) is -0.777. The zero-order valence-corrected chi connectivity index (χ0v) is 9.34. The van der Waals surface area contributed by atoms with E-state index in [0.717, 1.165) is 0 Å². The van der Waals surface area contributed by atoms with Crippen LogP contribution in [0.3, 0.4) is 0 Å². The van der Waals surface area contributed by atoms with Crippen molar-refractivity contribution in [1.82, 2.24) is 19.5 Å². The third-order valence-corrected chi connectivity index (χ3v) is 3.03. The van der Waals surface area contributed by atoms with Gasteiger partial charge in [-0.15, -0.1) is 0 Å². The Hall–Kier alpha value is -1.80. The van der Waals surface area contributed by atoms with Crippen LogP contribution in [-0.2, 0) is 4.74 Å². The number of halogens is 1. The second-order valence-electron chi connectivity index (χ2n) is 4.33. The summed E-state index contributed by atoms with van der Waals surface area (Å²) in [5, 5.41) is 8.95. The molecule has 0 radical (unpaired) electrons. The lowest BCUT2D eigenvalue weighted by Gasteiger charge is -2.14. The smallest absolute Gasteiger partial charge is 0.278 e. The Morgan fingerprint density at radius 3 is 3.22 bits per heavy atom. The number of imidazole rings is 1. The summed E-state index contributed by atoms with van der Waals surface area (Å²) in [7, 11) is 0. The Kier molecular flexibility index (Phi) is 2.42. The maximum atomic E-state index is 13.9. The molecule has 2 aromatic rings. The third kappa shape index (κ3) is 1.61. The van der Waals surface area contributed by atoms with Gasteiger partial charge in [0.15, 0.2) is 16.8 Å². The molecule has 1 saturated heterocycles. The summed E-state index contributed by atoms with van der Waals surface area (Å²) < 4.78 is 20.7. The first-order valence-corrected chi connectivity index (χ1v) is 5.44. The number of hydrogen-bond acceptors (Lipinski definition) is 5. The number of aromatic amines is 1. The number of H-pyrrole nitrogens is 1. The average Bonchev–Trinajstić information content (AvgIpc) is 2.94. The van der Waals surface area contributed by atoms with Crippen LogP contribution in [0.25, 0.3) is 11.2 Å². The number of hydrogen-bond donors (Lipinski definition) is 2. The molecule has 2 N–H and O–H groups in total. The Morgan fingerprint density at radius 1 is 1.67 bits per heavy atom. The van der Waals surface area contributed by atoms with Crippen molar-refractivity contribution < 1.29 is 14.2 Å². The molecule has 18 heavy (non-hydrogen) atoms. The minimum atomic E-state index is -1.75. The normalized spacial score (nSPS) is 28.0. The van der Waals surface area contributed by atoms with Crippen LogP contribution in [0.2, 0.25) is 0 Å². The molecule has 0 bridgehead atoms. The highest BCUT2D eigenvalue weighted by Gasteiger charge is 2.41. The first-order valence-electron chi connectivity index (χ1n) is 5.44. The summed E-state index contributed by atoms with van der Waals surface area (Å²) in [6, 6.07) is 0. The summed E-state index contributed by atoms with van der Waals surface area (Å²) in [5.74, 6) is 0. The summed E-state index contributed by atoms with van der Waals surface area (Å²) in [5.41, 5.74) is -1.58. The fraction of sp³-hybridized carbons (Fsp3) is 0.500. The van der Waals surface area contributed by atoms with Gasteiger partial charge < -0.3 is 14.8 Å². The van der Waals surface area contributed by atoms with E-state index < -0.39 is 18.5 Å². The van der Waals surface area contributed by atoms with Crippen LogP contribution in [0.4, 0.5) is 4.39 Å². The lowest BCUT2D eigenvalue weighted by atomic mass is 10.1. The van der Waals surface area contributed by atoms with Crippen molar-refractivity contribution in [1.29, 1.82) is 0 Å². The maximum absolute atomic E-state index is 13.9. The first kappa shape index (κ1) is 11.3. The van der Waals surface area contributed by atoms with Gasteiger partial charge in [0.2, 0.25) is 0 Å². The lowest BCUT2D eigenvalue weighted by molar-refractivity contribution is 0.0302. The largest absolute Gasteiger partial charge is 0.393 e. The monoisotopic (exact) mass is 254 g/mol. The molecule has 0 aliphatic carbocycles. The molecule has 2 unspecified atom stereocenters. The molecular weight excluding hydrogens is 243 g/mol. The molecule has 7 nitrogen and oxygen atoms in total. The minimum Gasteiger partial charge on any atom is -0.393 e. The van der Waals surface area contributed by atoms with Gasteiger partial charge in [-0.1, -0.05) is 0 Å². The highest BCUT2D eigenvalue weighted by Crippen LogP contribution is 2.34. The summed E-state index contributed by atoms with van der Waals surface area (Å²) in [4.78, 5) is 21.8. The van der Waals surface area contributed by atoms with E-state index in [-0.39, 0.29) is 24.1 Å². The molecule has 1 fully saturated rings. The van der Waals surface area contributed by atoms with Crippen molar-refractivity contribution in [3.05, 3.63) is 23.0 Å². The topological polar surface area (TPSA) is 93.0 Å². The lowest BCUT2D eigenvalue weighted by Crippen LogP contribution is -2.27. The molecule has 2 aromatic heterocycles. The average molecular weight is 254 g/mol. The van der Waals surface area contributed by atoms with Crippen molar-refractivity contribution in [3.8, 4) is 0 Å². The van der Waals surface area contributed by atoms with Crippen molar-refractivity contribution >= 4 is 11.2 Å². The fourth-order valence-corrected chi connectivity index (χ4v) is 2.04. The second kappa shape index (κ2) is 3.85. The third-order valence-electron chi connectivity index (χ3n) is 3.03. The van der Waals surface area contributed by atoms with Gasteiger partial charge in [-0.2, -0.15) is 0 Å². The number of ether oxygens (including phenoxy) is 1. The van der Waals surface area contributed by atoms with E-state index in [9.17, 15) is 9.18 Å². The summed E-state index contributed by atoms with van der Waals surface area (Å²) >= 11 is 0. The standard InChI is InChI=1S/C10H11FN4O3/c11-10(2-16)1-6(18-3-10)15-5-14-7-8(15)12-4-13-9(7)17/h4-6,16H,1-3H2,(H,12,13,17). The Morgan fingerprint density at radius 2 is 2.50 bits per heavy atom. The van der Waals surface area contributed by atoms with Crippen LogP contribution >= 0.6 is 0 Å². The molecule has 0 saturated carbocycles. The molecule has 1 aliphatic heterocycles. The Labute approximate surface area is 100 Å². The van der Waals surface area contributed by atoms with E-state index in [2.05, 4.69) is 15.0 Å². The molecule has 3 rings (SSSR count). The van der Waals surface area contributed by atoms with Gasteiger partial charge in [-0.3, -0.25) is 9.36 Å². The molecular formula is C10H11FN4O3. The van der Waals surface area contributed by atoms with Gasteiger partial charge in [-0.25, -0.2) is 14.4 Å². The number of nitrogens with zero attached hydrogens (tertiary/aromatic N) is 3. The molecule has 0 aromatic carbocycles. The quantitative estimate of drug-likeness (QED) is 0.770. The van der Waals surface area contributed by atoms with Crippen LogP contribution < -0.4 is 5.56 Å². The SMILES string of the molecule is O=c1[nH]cnc2c1ncn2C1CC(F)(CO)CO1. The van der Waals surface area contributed by atoms with E-state index in [1.165, 1.54) is 17.2 Å². The predicted molar refractivity (Wildman–Crippen MR) is 58.7 cm³/mol. The molecule has 1 aliphatic rings. The highest BCUT2D eigenvalue weighted by atomic mass is 19.1. The van der Waals surface area contributed by atoms with Gasteiger partial charge in [0.25, 0.3) is 5.56 Å². The predicted octanol–water partition coefficient (Wildman–Crippen LogP) is -0.261. The van der Waals surface area contributed by atoms with E-state index >= 15 is 0 Å². The summed E-state index contributed by atoms with van der Waals surface area (Å²) in [6.07, 6.45) is 2.04. The number of aliphatic hydroxyl groups is 1. The van der Waals surface area contributed by atoms with Crippen molar-refractivity contribution in [2.75, 3.05) is 13.2 Å². The number of alkyl halides is 1. The van der Waals surface area contributed by atoms with E-state index in [1.54, 1.807) is 0 Å². The van der Waals surface area contributed by atoms with E-state index in [1.807, 2.05) is 0 Å². The van der Waals surface area contributed by atoms with Crippen LogP contribution in [0.15, 0.2) is 17.4 Å². The van der Waals surface area contributed by atoms with Gasteiger partial charge in [0.1, 0.15) is 6.23 Å². The van der Waals surface area contributed by atoms with Crippen LogP contribution in [0.5, 0.6) is 0 Å². The van der Waals surface area contributed by atoms with Crippen LogP contribution in [0, 0.1) is 0 Å². The fourth-order valence-electron chi connectivity index (χ4n) is 2.04. The Bertz CT molecular complexity index is 639. The van der Waals surface area contributed by atoms with E-state index in [0.29, 0.717) is 5.65 Å². The first-order chi connectivity index (χ1) is 8.63.